The quantitative estimate of drug-likeness (QED) is 0.671. The third-order valence-corrected chi connectivity index (χ3v) is 4.66. The first-order chi connectivity index (χ1) is 12.9. The monoisotopic (exact) mass is 371 g/mol. The van der Waals surface area contributed by atoms with Crippen LogP contribution in [-0.4, -0.2) is 22.7 Å². The third kappa shape index (κ3) is 4.98. The lowest BCUT2D eigenvalue weighted by Gasteiger charge is -2.20. The minimum Gasteiger partial charge on any atom is -0.488 e. The molecule has 0 aliphatic heterocycles. The molecule has 0 radical (unpaired) electrons. The number of rotatable bonds is 9. The van der Waals surface area contributed by atoms with Gasteiger partial charge in [-0.25, -0.2) is 9.97 Å². The first-order valence-electron chi connectivity index (χ1n) is 9.96. The highest BCUT2D eigenvalue weighted by atomic mass is 16.5. The molecule has 0 spiro atoms. The van der Waals surface area contributed by atoms with E-state index >= 15 is 0 Å². The maximum atomic E-state index is 6.15. The average Bonchev–Trinajstić information content (AvgIpc) is 2.66. The molecule has 0 saturated heterocycles. The van der Waals surface area contributed by atoms with E-state index in [4.69, 9.17) is 25.2 Å². The van der Waals surface area contributed by atoms with E-state index in [2.05, 4.69) is 27.7 Å². The molecule has 5 heteroatoms. The molecule has 2 rings (SSSR count). The third-order valence-electron chi connectivity index (χ3n) is 4.66. The van der Waals surface area contributed by atoms with Gasteiger partial charge >= 0.3 is 0 Å². The number of nitrogens with two attached hydrogens (primary N) is 1. The Morgan fingerprint density at radius 3 is 2.33 bits per heavy atom. The Balaban J connectivity index is 2.52. The summed E-state index contributed by atoms with van der Waals surface area (Å²) in [5, 5.41) is 0. The molecule has 2 heterocycles. The molecule has 0 unspecified atom stereocenters. The summed E-state index contributed by atoms with van der Waals surface area (Å²) in [7, 11) is 0. The molecular weight excluding hydrogens is 338 g/mol. The Morgan fingerprint density at radius 2 is 1.78 bits per heavy atom. The summed E-state index contributed by atoms with van der Waals surface area (Å²) >= 11 is 0. The molecule has 5 nitrogen and oxygen atoms in total. The van der Waals surface area contributed by atoms with Gasteiger partial charge in [0.1, 0.15) is 5.75 Å². The molecule has 0 fully saturated rings. The summed E-state index contributed by atoms with van der Waals surface area (Å²) in [4.78, 5) is 9.54. The second kappa shape index (κ2) is 9.70. The molecule has 2 aromatic heterocycles. The normalized spacial score (nSPS) is 11.3. The van der Waals surface area contributed by atoms with Crippen LogP contribution >= 0.6 is 0 Å². The number of aryl methyl sites for hydroxylation is 1. The maximum Gasteiger partial charge on any atom is 0.223 e. The molecule has 0 bridgehead atoms. The van der Waals surface area contributed by atoms with Crippen molar-refractivity contribution in [2.45, 2.75) is 73.0 Å². The standard InChI is InChI=1S/C22H33N3O2/c1-7-16(8-2)27-20-12-15(6)21(24-19(20)13-23)17-10-11-18(14(4)5)25-22(17)26-9-3/h10-12,14,16H,7-9,13,23H2,1-6H3. The molecule has 0 aromatic carbocycles. The molecular formula is C22H33N3O2. The fourth-order valence-electron chi connectivity index (χ4n) is 2.99. The van der Waals surface area contributed by atoms with Gasteiger partial charge in [0.15, 0.2) is 0 Å². The smallest absolute Gasteiger partial charge is 0.223 e. The van der Waals surface area contributed by atoms with Crippen molar-refractivity contribution in [1.29, 1.82) is 0 Å². The summed E-state index contributed by atoms with van der Waals surface area (Å²) in [5.41, 5.74) is 10.5. The summed E-state index contributed by atoms with van der Waals surface area (Å²) in [6.07, 6.45) is 2.08. The van der Waals surface area contributed by atoms with Crippen molar-refractivity contribution in [2.24, 2.45) is 5.73 Å². The van der Waals surface area contributed by atoms with Crippen molar-refractivity contribution in [3.63, 3.8) is 0 Å². The van der Waals surface area contributed by atoms with Crippen molar-refractivity contribution in [3.05, 3.63) is 35.2 Å². The lowest BCUT2D eigenvalue weighted by atomic mass is 10.0. The highest BCUT2D eigenvalue weighted by Crippen LogP contribution is 2.34. The van der Waals surface area contributed by atoms with Crippen molar-refractivity contribution in [3.8, 4) is 22.9 Å². The fourth-order valence-corrected chi connectivity index (χ4v) is 2.99. The lowest BCUT2D eigenvalue weighted by molar-refractivity contribution is 0.190. The number of pyridine rings is 2. The summed E-state index contributed by atoms with van der Waals surface area (Å²) in [6.45, 7) is 13.4. The van der Waals surface area contributed by atoms with Gasteiger partial charge in [0.2, 0.25) is 5.88 Å². The van der Waals surface area contributed by atoms with Gasteiger partial charge in [-0.05, 0) is 56.4 Å². The zero-order valence-electron chi connectivity index (χ0n) is 17.5. The van der Waals surface area contributed by atoms with Crippen LogP contribution in [0.25, 0.3) is 11.3 Å². The minimum atomic E-state index is 0.174. The van der Waals surface area contributed by atoms with Crippen LogP contribution < -0.4 is 15.2 Å². The van der Waals surface area contributed by atoms with Crippen LogP contribution in [0.1, 0.15) is 70.3 Å². The number of aromatic nitrogens is 2. The first-order valence-corrected chi connectivity index (χ1v) is 9.96. The first kappa shape index (κ1) is 21.2. The molecule has 2 N–H and O–H groups in total. The van der Waals surface area contributed by atoms with Gasteiger partial charge in [0.25, 0.3) is 0 Å². The molecule has 148 valence electrons. The van der Waals surface area contributed by atoms with Crippen LogP contribution in [0, 0.1) is 6.92 Å². The van der Waals surface area contributed by atoms with Gasteiger partial charge < -0.3 is 15.2 Å². The van der Waals surface area contributed by atoms with Crippen LogP contribution in [0.3, 0.4) is 0 Å². The largest absolute Gasteiger partial charge is 0.488 e. The van der Waals surface area contributed by atoms with Crippen LogP contribution in [-0.2, 0) is 6.54 Å². The number of ether oxygens (including phenoxy) is 2. The molecule has 0 aliphatic carbocycles. The van der Waals surface area contributed by atoms with Gasteiger partial charge in [-0.1, -0.05) is 27.7 Å². The summed E-state index contributed by atoms with van der Waals surface area (Å²) < 4.78 is 12.0. The molecule has 27 heavy (non-hydrogen) atoms. The van der Waals surface area contributed by atoms with Crippen molar-refractivity contribution in [1.82, 2.24) is 9.97 Å². The molecule has 0 aliphatic rings. The molecule has 2 aromatic rings. The van der Waals surface area contributed by atoms with Crippen molar-refractivity contribution < 1.29 is 9.47 Å². The van der Waals surface area contributed by atoms with Gasteiger partial charge in [-0.2, -0.15) is 0 Å². The highest BCUT2D eigenvalue weighted by Gasteiger charge is 2.18. The highest BCUT2D eigenvalue weighted by molar-refractivity contribution is 5.69. The lowest BCUT2D eigenvalue weighted by Crippen LogP contribution is -2.16. The summed E-state index contributed by atoms with van der Waals surface area (Å²) in [6, 6.07) is 6.12. The molecule has 0 atom stereocenters. The van der Waals surface area contributed by atoms with Crippen molar-refractivity contribution >= 4 is 0 Å². The predicted octanol–water partition coefficient (Wildman–Crippen LogP) is 5.00. The number of hydrogen-bond donors (Lipinski definition) is 1. The maximum absolute atomic E-state index is 6.15. The minimum absolute atomic E-state index is 0.174. The zero-order chi connectivity index (χ0) is 20.0. The van der Waals surface area contributed by atoms with E-state index < -0.39 is 0 Å². The predicted molar refractivity (Wildman–Crippen MR) is 110 cm³/mol. The zero-order valence-corrected chi connectivity index (χ0v) is 17.5. The van der Waals surface area contributed by atoms with Gasteiger partial charge in [0, 0.05) is 12.2 Å². The van der Waals surface area contributed by atoms with E-state index in [1.165, 1.54) is 0 Å². The van der Waals surface area contributed by atoms with Crippen molar-refractivity contribution in [2.75, 3.05) is 6.61 Å². The van der Waals surface area contributed by atoms with Gasteiger partial charge in [-0.15, -0.1) is 0 Å². The Bertz CT molecular complexity index is 755. The van der Waals surface area contributed by atoms with Crippen LogP contribution in [0.5, 0.6) is 11.6 Å². The van der Waals surface area contributed by atoms with Gasteiger partial charge in [0.05, 0.1) is 29.7 Å². The van der Waals surface area contributed by atoms with E-state index in [9.17, 15) is 0 Å². The van der Waals surface area contributed by atoms with E-state index in [0.29, 0.717) is 24.9 Å². The Kier molecular flexibility index (Phi) is 7.60. The number of hydrogen-bond acceptors (Lipinski definition) is 5. The fraction of sp³-hybridized carbons (Fsp3) is 0.545. The summed E-state index contributed by atoms with van der Waals surface area (Å²) in [5.74, 6) is 1.73. The average molecular weight is 372 g/mol. The van der Waals surface area contributed by atoms with Crippen LogP contribution in [0.15, 0.2) is 18.2 Å². The number of nitrogens with zero attached hydrogens (tertiary/aromatic N) is 2. The Morgan fingerprint density at radius 1 is 1.07 bits per heavy atom. The second-order valence-corrected chi connectivity index (χ2v) is 7.04. The van der Waals surface area contributed by atoms with E-state index in [1.807, 2.05) is 32.0 Å². The SMILES string of the molecule is CCOc1nc(C(C)C)ccc1-c1nc(CN)c(OC(CC)CC)cc1C. The van der Waals surface area contributed by atoms with Crippen LogP contribution in [0.4, 0.5) is 0 Å². The topological polar surface area (TPSA) is 70.3 Å². The Labute approximate surface area is 163 Å². The van der Waals surface area contributed by atoms with Gasteiger partial charge in [-0.3, -0.25) is 0 Å². The van der Waals surface area contributed by atoms with E-state index in [0.717, 1.165) is 46.8 Å². The Hall–Kier alpha value is -2.14. The van der Waals surface area contributed by atoms with E-state index in [1.54, 1.807) is 0 Å². The molecule has 0 saturated carbocycles. The second-order valence-electron chi connectivity index (χ2n) is 7.04. The molecule has 0 amide bonds. The van der Waals surface area contributed by atoms with E-state index in [-0.39, 0.29) is 6.10 Å². The van der Waals surface area contributed by atoms with Crippen LogP contribution in [0.2, 0.25) is 0 Å².